The third kappa shape index (κ3) is 7.99. The Labute approximate surface area is 182 Å². The van der Waals surface area contributed by atoms with Crippen LogP contribution in [0.5, 0.6) is 0 Å². The van der Waals surface area contributed by atoms with Crippen molar-refractivity contribution in [3.8, 4) is 0 Å². The molecule has 1 saturated carbocycles. The van der Waals surface area contributed by atoms with E-state index in [-0.39, 0.29) is 6.10 Å². The van der Waals surface area contributed by atoms with Gasteiger partial charge in [-0.3, -0.25) is 0 Å². The Morgan fingerprint density at radius 2 is 1.55 bits per heavy atom. The smallest absolute Gasteiger partial charge is 0.0678 e. The van der Waals surface area contributed by atoms with Crippen molar-refractivity contribution in [3.63, 3.8) is 0 Å². The van der Waals surface area contributed by atoms with Gasteiger partial charge in [0, 0.05) is 33.2 Å². The molecule has 1 aliphatic rings. The number of ether oxygens (including phenoxy) is 3. The monoisotopic (exact) mass is 410 g/mol. The Morgan fingerprint density at radius 3 is 2.10 bits per heavy atom. The number of methoxy groups -OCH3 is 3. The molecule has 2 unspecified atom stereocenters. The first kappa shape index (κ1) is 26.7. The lowest BCUT2D eigenvalue weighted by Crippen LogP contribution is -2.38. The Bertz CT molecular complexity index is 475. The van der Waals surface area contributed by atoms with Crippen molar-refractivity contribution in [2.24, 2.45) is 41.4 Å². The molecule has 0 aliphatic heterocycles. The zero-order valence-corrected chi connectivity index (χ0v) is 21.0. The molecule has 0 saturated heterocycles. The Morgan fingerprint density at radius 1 is 0.931 bits per heavy atom. The summed E-state index contributed by atoms with van der Waals surface area (Å²) < 4.78 is 17.2. The molecule has 0 radical (unpaired) electrons. The molecular formula is C26H50O3. The number of allylic oxidation sites excluding steroid dienone is 1. The van der Waals surface area contributed by atoms with Crippen LogP contribution in [0, 0.1) is 41.4 Å². The quantitative estimate of drug-likeness (QED) is 0.339. The summed E-state index contributed by atoms with van der Waals surface area (Å²) in [7, 11) is 5.48. The van der Waals surface area contributed by atoms with Crippen LogP contribution in [0.1, 0.15) is 74.1 Å². The van der Waals surface area contributed by atoms with E-state index >= 15 is 0 Å². The SMILES string of the molecule is COC[C@H](C)C(OC)[C@@H](C)/C=C(/C)C[C@H](C)C(OC)[C@H](C)[C@H]1C[C@@H](C)CC[C@@H]1C. The summed E-state index contributed by atoms with van der Waals surface area (Å²) in [6.07, 6.45) is 8.10. The topological polar surface area (TPSA) is 27.7 Å². The molecule has 1 aliphatic carbocycles. The van der Waals surface area contributed by atoms with Crippen molar-refractivity contribution in [2.45, 2.75) is 86.4 Å². The van der Waals surface area contributed by atoms with Crippen LogP contribution in [0.15, 0.2) is 11.6 Å². The van der Waals surface area contributed by atoms with E-state index in [0.717, 1.165) is 30.8 Å². The molecule has 0 heterocycles. The van der Waals surface area contributed by atoms with Gasteiger partial charge in [0.15, 0.2) is 0 Å². The van der Waals surface area contributed by atoms with Crippen LogP contribution < -0.4 is 0 Å². The maximum absolute atomic E-state index is 6.09. The van der Waals surface area contributed by atoms with Gasteiger partial charge in [-0.25, -0.2) is 0 Å². The van der Waals surface area contributed by atoms with Crippen molar-refractivity contribution < 1.29 is 14.2 Å². The highest BCUT2D eigenvalue weighted by Crippen LogP contribution is 2.41. The first-order valence-corrected chi connectivity index (χ1v) is 11.9. The highest BCUT2D eigenvalue weighted by molar-refractivity contribution is 5.04. The molecule has 29 heavy (non-hydrogen) atoms. The predicted molar refractivity (Wildman–Crippen MR) is 124 cm³/mol. The van der Waals surface area contributed by atoms with Gasteiger partial charge in [0.2, 0.25) is 0 Å². The minimum absolute atomic E-state index is 0.182. The molecule has 3 heteroatoms. The number of hydrogen-bond donors (Lipinski definition) is 0. The van der Waals surface area contributed by atoms with E-state index in [1.54, 1.807) is 7.11 Å². The molecule has 1 fully saturated rings. The van der Waals surface area contributed by atoms with E-state index in [1.807, 2.05) is 14.2 Å². The lowest BCUT2D eigenvalue weighted by Gasteiger charge is -2.41. The van der Waals surface area contributed by atoms with Gasteiger partial charge in [0.25, 0.3) is 0 Å². The van der Waals surface area contributed by atoms with E-state index in [0.29, 0.717) is 29.8 Å². The largest absolute Gasteiger partial charge is 0.384 e. The molecule has 0 amide bonds. The van der Waals surface area contributed by atoms with Gasteiger partial charge in [-0.1, -0.05) is 66.0 Å². The van der Waals surface area contributed by atoms with Gasteiger partial charge in [-0.15, -0.1) is 0 Å². The fraction of sp³-hybridized carbons (Fsp3) is 0.923. The average molecular weight is 411 g/mol. The first-order chi connectivity index (χ1) is 13.7. The second-order valence-corrected chi connectivity index (χ2v) is 10.3. The van der Waals surface area contributed by atoms with Gasteiger partial charge >= 0.3 is 0 Å². The highest BCUT2D eigenvalue weighted by Gasteiger charge is 2.36. The number of rotatable bonds is 12. The minimum Gasteiger partial charge on any atom is -0.384 e. The Kier molecular flexibility index (Phi) is 12.1. The molecule has 9 atom stereocenters. The highest BCUT2D eigenvalue weighted by atomic mass is 16.5. The van der Waals surface area contributed by atoms with E-state index < -0.39 is 0 Å². The van der Waals surface area contributed by atoms with Gasteiger partial charge in [-0.2, -0.15) is 0 Å². The zero-order chi connectivity index (χ0) is 22.1. The van der Waals surface area contributed by atoms with Crippen LogP contribution in [0.25, 0.3) is 0 Å². The third-order valence-electron chi connectivity index (χ3n) is 7.52. The summed E-state index contributed by atoms with van der Waals surface area (Å²) in [4.78, 5) is 0. The summed E-state index contributed by atoms with van der Waals surface area (Å²) in [5, 5.41) is 0. The summed E-state index contributed by atoms with van der Waals surface area (Å²) in [6.45, 7) is 17.1. The molecule has 3 nitrogen and oxygen atoms in total. The summed E-state index contributed by atoms with van der Waals surface area (Å²) in [6, 6.07) is 0. The maximum atomic E-state index is 6.09. The summed E-state index contributed by atoms with van der Waals surface area (Å²) in [5.74, 6) is 4.31. The average Bonchev–Trinajstić information content (AvgIpc) is 2.64. The Hall–Kier alpha value is -0.380. The van der Waals surface area contributed by atoms with Crippen LogP contribution in [-0.4, -0.2) is 40.1 Å². The van der Waals surface area contributed by atoms with Crippen molar-refractivity contribution in [3.05, 3.63) is 11.6 Å². The van der Waals surface area contributed by atoms with Gasteiger partial charge < -0.3 is 14.2 Å². The summed E-state index contributed by atoms with van der Waals surface area (Å²) in [5.41, 5.74) is 1.44. The molecule has 172 valence electrons. The standard InChI is InChI=1S/C26H50O3/c1-17-11-12-19(3)24(15-17)23(7)26(29-10)21(5)14-18(2)13-20(4)25(28-9)22(6)16-27-8/h13,17,19-26H,11-12,14-16H2,1-10H3/b18-13-/t17-,19-,20-,21-,22-,23+,24-,25?,26?/m0/s1. The zero-order valence-electron chi connectivity index (χ0n) is 21.0. The fourth-order valence-electron chi connectivity index (χ4n) is 6.08. The first-order valence-electron chi connectivity index (χ1n) is 11.9. The van der Waals surface area contributed by atoms with Gasteiger partial charge in [0.05, 0.1) is 18.8 Å². The normalized spacial score (nSPS) is 29.7. The van der Waals surface area contributed by atoms with Crippen LogP contribution >= 0.6 is 0 Å². The third-order valence-corrected chi connectivity index (χ3v) is 7.52. The number of hydrogen-bond acceptors (Lipinski definition) is 3. The second kappa shape index (κ2) is 13.1. The van der Waals surface area contributed by atoms with Crippen molar-refractivity contribution >= 4 is 0 Å². The van der Waals surface area contributed by atoms with Gasteiger partial charge in [-0.05, 0) is 49.4 Å². The van der Waals surface area contributed by atoms with E-state index in [9.17, 15) is 0 Å². The van der Waals surface area contributed by atoms with Crippen LogP contribution in [0.2, 0.25) is 0 Å². The molecule has 0 N–H and O–H groups in total. The molecule has 1 rings (SSSR count). The molecule has 0 aromatic carbocycles. The van der Waals surface area contributed by atoms with Crippen LogP contribution in [0.3, 0.4) is 0 Å². The molecule has 0 bridgehead atoms. The predicted octanol–water partition coefficient (Wildman–Crippen LogP) is 6.62. The molecule has 0 aromatic rings. The van der Waals surface area contributed by atoms with Gasteiger partial charge in [0.1, 0.15) is 0 Å². The molecule has 0 aromatic heterocycles. The van der Waals surface area contributed by atoms with E-state index in [4.69, 9.17) is 14.2 Å². The molecule has 0 spiro atoms. The van der Waals surface area contributed by atoms with Crippen LogP contribution in [-0.2, 0) is 14.2 Å². The van der Waals surface area contributed by atoms with Crippen molar-refractivity contribution in [2.75, 3.05) is 27.9 Å². The molecular weight excluding hydrogens is 360 g/mol. The van der Waals surface area contributed by atoms with E-state index in [1.165, 1.54) is 24.8 Å². The van der Waals surface area contributed by atoms with Crippen molar-refractivity contribution in [1.82, 2.24) is 0 Å². The van der Waals surface area contributed by atoms with Crippen LogP contribution in [0.4, 0.5) is 0 Å². The maximum Gasteiger partial charge on any atom is 0.0678 e. The van der Waals surface area contributed by atoms with Crippen molar-refractivity contribution in [1.29, 1.82) is 0 Å². The Balaban J connectivity index is 2.76. The lowest BCUT2D eigenvalue weighted by molar-refractivity contribution is -0.0256. The summed E-state index contributed by atoms with van der Waals surface area (Å²) >= 11 is 0. The second-order valence-electron chi connectivity index (χ2n) is 10.3. The minimum atomic E-state index is 0.182. The fourth-order valence-corrected chi connectivity index (χ4v) is 6.08. The lowest BCUT2D eigenvalue weighted by atomic mass is 9.67. The van der Waals surface area contributed by atoms with E-state index in [2.05, 4.69) is 54.5 Å².